The lowest BCUT2D eigenvalue weighted by Gasteiger charge is -2.15. The predicted molar refractivity (Wildman–Crippen MR) is 81.9 cm³/mol. The molecule has 2 N–H and O–H groups in total. The number of carbonyl (C=O) groups is 2. The second-order valence-corrected chi connectivity index (χ2v) is 6.59. The molecule has 1 rings (SSSR count). The van der Waals surface area contributed by atoms with E-state index in [0.29, 0.717) is 0 Å². The molecule has 1 heterocycles. The summed E-state index contributed by atoms with van der Waals surface area (Å²) in [6.07, 6.45) is 4.24. The molecule has 1 unspecified atom stereocenters. The highest BCUT2D eigenvalue weighted by atomic mass is 32.1. The smallest absolute Gasteiger partial charge is 0.349 e. The average Bonchev–Trinajstić information content (AvgIpc) is 2.79. The summed E-state index contributed by atoms with van der Waals surface area (Å²) in [6.45, 7) is 7.60. The van der Waals surface area contributed by atoms with E-state index in [9.17, 15) is 14.7 Å². The summed E-state index contributed by atoms with van der Waals surface area (Å²) in [5.74, 6) is 1.05. The van der Waals surface area contributed by atoms with Crippen LogP contribution in [0.4, 0.5) is 0 Å². The molecule has 0 bridgehead atoms. The van der Waals surface area contributed by atoms with Crippen LogP contribution in [-0.4, -0.2) is 29.6 Å². The minimum atomic E-state index is -1.07. The number of nitrogens with one attached hydrogen (secondary N) is 1. The molecule has 1 aromatic heterocycles. The van der Waals surface area contributed by atoms with Crippen LogP contribution in [0, 0.1) is 12.3 Å². The topological polar surface area (TPSA) is 75.6 Å². The zero-order chi connectivity index (χ0) is 16.2. The van der Waals surface area contributed by atoms with Gasteiger partial charge in [-0.1, -0.05) is 26.7 Å². The Hall–Kier alpha value is -2.00. The van der Waals surface area contributed by atoms with Gasteiger partial charge in [0.2, 0.25) is 0 Å². The third kappa shape index (κ3) is 4.50. The standard InChI is InChI=1S/C15H19NO4S/c1-6-7-16-13(17)9(2)20-10-8-11(15(3,4)5)21-12(10)14(18)19/h1,8-9H,7H2,2-5H3,(H,16,17)(H,18,19). The van der Waals surface area contributed by atoms with Gasteiger partial charge >= 0.3 is 5.97 Å². The van der Waals surface area contributed by atoms with Crippen molar-refractivity contribution in [2.24, 2.45) is 0 Å². The molecule has 1 atom stereocenters. The van der Waals surface area contributed by atoms with Gasteiger partial charge in [0.25, 0.3) is 5.91 Å². The summed E-state index contributed by atoms with van der Waals surface area (Å²) < 4.78 is 5.49. The largest absolute Gasteiger partial charge is 0.479 e. The summed E-state index contributed by atoms with van der Waals surface area (Å²) in [7, 11) is 0. The first-order valence-corrected chi connectivity index (χ1v) is 7.24. The first-order valence-electron chi connectivity index (χ1n) is 6.42. The van der Waals surface area contributed by atoms with E-state index in [2.05, 4.69) is 11.2 Å². The highest BCUT2D eigenvalue weighted by molar-refractivity contribution is 7.14. The number of hydrogen-bond acceptors (Lipinski definition) is 4. The Balaban J connectivity index is 2.97. The Morgan fingerprint density at radius 1 is 1.52 bits per heavy atom. The summed E-state index contributed by atoms with van der Waals surface area (Å²) >= 11 is 1.16. The molecule has 0 radical (unpaired) electrons. The fourth-order valence-corrected chi connectivity index (χ4v) is 2.49. The van der Waals surface area contributed by atoms with Crippen molar-refractivity contribution in [3.63, 3.8) is 0 Å². The SMILES string of the molecule is C#CCNC(=O)C(C)Oc1cc(C(C)(C)C)sc1C(=O)O. The molecule has 6 heteroatoms. The van der Waals surface area contributed by atoms with Crippen molar-refractivity contribution >= 4 is 23.2 Å². The summed E-state index contributed by atoms with van der Waals surface area (Å²) in [5.41, 5.74) is -0.189. The maximum absolute atomic E-state index is 11.7. The van der Waals surface area contributed by atoms with Gasteiger partial charge in [-0.25, -0.2) is 4.79 Å². The van der Waals surface area contributed by atoms with Gasteiger partial charge in [-0.3, -0.25) is 4.79 Å². The molecule has 21 heavy (non-hydrogen) atoms. The molecule has 0 aliphatic rings. The molecule has 0 aromatic carbocycles. The van der Waals surface area contributed by atoms with Crippen molar-refractivity contribution in [2.75, 3.05) is 6.54 Å². The Bertz CT molecular complexity index is 577. The lowest BCUT2D eigenvalue weighted by Crippen LogP contribution is -2.36. The molecule has 0 fully saturated rings. The van der Waals surface area contributed by atoms with E-state index >= 15 is 0 Å². The number of amides is 1. The fourth-order valence-electron chi connectivity index (χ4n) is 1.51. The van der Waals surface area contributed by atoms with E-state index in [4.69, 9.17) is 11.2 Å². The Kier molecular flexibility index (Phi) is 5.39. The summed E-state index contributed by atoms with van der Waals surface area (Å²) in [6, 6.07) is 1.68. The average molecular weight is 309 g/mol. The minimum absolute atomic E-state index is 0.0940. The van der Waals surface area contributed by atoms with Gasteiger partial charge < -0.3 is 15.2 Å². The van der Waals surface area contributed by atoms with Crippen LogP contribution in [0.5, 0.6) is 5.75 Å². The van der Waals surface area contributed by atoms with Crippen molar-refractivity contribution in [3.05, 3.63) is 15.8 Å². The molecule has 5 nitrogen and oxygen atoms in total. The monoisotopic (exact) mass is 309 g/mol. The Morgan fingerprint density at radius 2 is 2.14 bits per heavy atom. The van der Waals surface area contributed by atoms with E-state index in [1.807, 2.05) is 20.8 Å². The highest BCUT2D eigenvalue weighted by Crippen LogP contribution is 2.37. The van der Waals surface area contributed by atoms with E-state index in [0.717, 1.165) is 16.2 Å². The molecular formula is C15H19NO4S. The molecule has 114 valence electrons. The molecular weight excluding hydrogens is 290 g/mol. The second kappa shape index (κ2) is 6.64. The number of thiophene rings is 1. The summed E-state index contributed by atoms with van der Waals surface area (Å²) in [4.78, 5) is 24.0. The van der Waals surface area contributed by atoms with Crippen molar-refractivity contribution in [2.45, 2.75) is 39.2 Å². The predicted octanol–water partition coefficient (Wildman–Crippen LogP) is 2.26. The van der Waals surface area contributed by atoms with Gasteiger partial charge in [-0.15, -0.1) is 17.8 Å². The molecule has 1 amide bonds. The number of ether oxygens (including phenoxy) is 1. The van der Waals surface area contributed by atoms with Crippen LogP contribution in [0.15, 0.2) is 6.07 Å². The van der Waals surface area contributed by atoms with Crippen LogP contribution >= 0.6 is 11.3 Å². The summed E-state index contributed by atoms with van der Waals surface area (Å²) in [5, 5.41) is 11.7. The highest BCUT2D eigenvalue weighted by Gasteiger charge is 2.25. The van der Waals surface area contributed by atoms with Crippen LogP contribution in [0.1, 0.15) is 42.2 Å². The molecule has 0 saturated heterocycles. The molecule has 0 spiro atoms. The van der Waals surface area contributed by atoms with Crippen LogP contribution in [-0.2, 0) is 10.2 Å². The van der Waals surface area contributed by atoms with Crippen molar-refractivity contribution in [3.8, 4) is 18.1 Å². The van der Waals surface area contributed by atoms with E-state index in [1.54, 1.807) is 13.0 Å². The van der Waals surface area contributed by atoms with Crippen molar-refractivity contribution < 1.29 is 19.4 Å². The van der Waals surface area contributed by atoms with E-state index in [1.165, 1.54) is 0 Å². The van der Waals surface area contributed by atoms with Gasteiger partial charge in [0.05, 0.1) is 6.54 Å². The van der Waals surface area contributed by atoms with Gasteiger partial charge in [0, 0.05) is 4.88 Å². The third-order valence-electron chi connectivity index (χ3n) is 2.67. The molecule has 0 aliphatic heterocycles. The van der Waals surface area contributed by atoms with Gasteiger partial charge in [-0.2, -0.15) is 0 Å². The maximum Gasteiger partial charge on any atom is 0.349 e. The number of rotatable bonds is 5. The van der Waals surface area contributed by atoms with Crippen molar-refractivity contribution in [1.29, 1.82) is 0 Å². The number of carboxylic acid groups (broad SMARTS) is 1. The first kappa shape index (κ1) is 17.1. The number of carbonyl (C=O) groups excluding carboxylic acids is 1. The van der Waals surface area contributed by atoms with Gasteiger partial charge in [0.1, 0.15) is 5.75 Å². The van der Waals surface area contributed by atoms with Gasteiger partial charge in [0.15, 0.2) is 11.0 Å². The van der Waals surface area contributed by atoms with Crippen LogP contribution in [0.3, 0.4) is 0 Å². The molecule has 1 aromatic rings. The second-order valence-electron chi connectivity index (χ2n) is 5.54. The third-order valence-corrected chi connectivity index (χ3v) is 4.20. The lowest BCUT2D eigenvalue weighted by molar-refractivity contribution is -0.127. The molecule has 0 saturated carbocycles. The Labute approximate surface area is 128 Å². The van der Waals surface area contributed by atoms with Crippen LogP contribution < -0.4 is 10.1 Å². The molecule has 0 aliphatic carbocycles. The number of carboxylic acids is 1. The number of terminal acetylenes is 1. The number of hydrogen-bond donors (Lipinski definition) is 2. The van der Waals surface area contributed by atoms with Gasteiger partial charge in [-0.05, 0) is 18.4 Å². The lowest BCUT2D eigenvalue weighted by atomic mass is 9.95. The zero-order valence-electron chi connectivity index (χ0n) is 12.5. The fraction of sp³-hybridized carbons (Fsp3) is 0.467. The zero-order valence-corrected chi connectivity index (χ0v) is 13.3. The minimum Gasteiger partial charge on any atom is -0.479 e. The van der Waals surface area contributed by atoms with Crippen LogP contribution in [0.2, 0.25) is 0 Å². The van der Waals surface area contributed by atoms with E-state index in [-0.39, 0.29) is 28.5 Å². The maximum atomic E-state index is 11.7. The Morgan fingerprint density at radius 3 is 2.62 bits per heavy atom. The van der Waals surface area contributed by atoms with E-state index < -0.39 is 12.1 Å². The number of aromatic carboxylic acids is 1. The normalized spacial score (nSPS) is 12.3. The quantitative estimate of drug-likeness (QED) is 0.818. The van der Waals surface area contributed by atoms with Crippen LogP contribution in [0.25, 0.3) is 0 Å². The van der Waals surface area contributed by atoms with Crippen molar-refractivity contribution in [1.82, 2.24) is 5.32 Å². The first-order chi connectivity index (χ1) is 9.66.